The van der Waals surface area contributed by atoms with Crippen LogP contribution in [0.5, 0.6) is 0 Å². The molecule has 1 amide bonds. The molecule has 0 spiro atoms. The van der Waals surface area contributed by atoms with Crippen LogP contribution >= 0.6 is 11.6 Å². The molecular weight excluding hydrogens is 329 g/mol. The van der Waals surface area contributed by atoms with E-state index >= 15 is 0 Å². The Bertz CT molecular complexity index is 776. The third kappa shape index (κ3) is 4.82. The highest BCUT2D eigenvalue weighted by Gasteiger charge is 2.19. The zero-order valence-corrected chi connectivity index (χ0v) is 13.0. The van der Waals surface area contributed by atoms with Gasteiger partial charge >= 0.3 is 0 Å². The van der Waals surface area contributed by atoms with Crippen molar-refractivity contribution in [2.24, 2.45) is 0 Å². The van der Waals surface area contributed by atoms with Gasteiger partial charge in [-0.3, -0.25) is 4.79 Å². The van der Waals surface area contributed by atoms with E-state index in [-0.39, 0.29) is 5.56 Å². The number of carbonyl (C=O) groups is 1. The lowest BCUT2D eigenvalue weighted by molar-refractivity contribution is -0.113. The molecular formula is C15H13ClFNO3S. The van der Waals surface area contributed by atoms with E-state index in [9.17, 15) is 17.6 Å². The Balaban J connectivity index is 2.01. The van der Waals surface area contributed by atoms with Crippen molar-refractivity contribution in [3.05, 3.63) is 64.9 Å². The number of halogens is 2. The molecule has 0 radical (unpaired) electrons. The number of anilines is 1. The summed E-state index contributed by atoms with van der Waals surface area (Å²) in [6.07, 6.45) is 0. The summed E-state index contributed by atoms with van der Waals surface area (Å²) in [5.41, 5.74) is 0.484. The molecule has 7 heteroatoms. The second-order valence-electron chi connectivity index (χ2n) is 4.68. The molecule has 0 aliphatic rings. The molecule has 0 heterocycles. The standard InChI is InChI=1S/C15H13ClFNO3S/c16-12-5-7-13(8-6-12)18-15(19)10-22(20,21)9-11-3-1-2-4-14(11)17/h1-8H,9-10H2,(H,18,19). The molecule has 0 saturated carbocycles. The first-order chi connectivity index (χ1) is 10.4. The van der Waals surface area contributed by atoms with Gasteiger partial charge in [-0.15, -0.1) is 0 Å². The summed E-state index contributed by atoms with van der Waals surface area (Å²) in [5.74, 6) is -2.53. The van der Waals surface area contributed by atoms with Crippen molar-refractivity contribution in [1.29, 1.82) is 0 Å². The fourth-order valence-electron chi connectivity index (χ4n) is 1.83. The quantitative estimate of drug-likeness (QED) is 0.909. The van der Waals surface area contributed by atoms with E-state index in [0.29, 0.717) is 10.7 Å². The topological polar surface area (TPSA) is 63.2 Å². The van der Waals surface area contributed by atoms with Crippen molar-refractivity contribution in [2.45, 2.75) is 5.75 Å². The van der Waals surface area contributed by atoms with E-state index in [1.54, 1.807) is 30.3 Å². The first-order valence-electron chi connectivity index (χ1n) is 6.35. The fraction of sp³-hybridized carbons (Fsp3) is 0.133. The lowest BCUT2D eigenvalue weighted by Crippen LogP contribution is -2.24. The van der Waals surface area contributed by atoms with Crippen LogP contribution < -0.4 is 5.32 Å². The van der Waals surface area contributed by atoms with Crippen molar-refractivity contribution in [2.75, 3.05) is 11.1 Å². The number of hydrogen-bond acceptors (Lipinski definition) is 3. The summed E-state index contributed by atoms with van der Waals surface area (Å²) < 4.78 is 37.4. The summed E-state index contributed by atoms with van der Waals surface area (Å²) in [4.78, 5) is 11.8. The van der Waals surface area contributed by atoms with Gasteiger partial charge in [0.2, 0.25) is 5.91 Å². The maximum Gasteiger partial charge on any atom is 0.239 e. The van der Waals surface area contributed by atoms with Gasteiger partial charge in [-0.25, -0.2) is 12.8 Å². The Morgan fingerprint density at radius 1 is 1.09 bits per heavy atom. The van der Waals surface area contributed by atoms with Crippen LogP contribution in [-0.2, 0) is 20.4 Å². The third-order valence-electron chi connectivity index (χ3n) is 2.81. The molecule has 0 aliphatic heterocycles. The van der Waals surface area contributed by atoms with Gasteiger partial charge < -0.3 is 5.32 Å². The number of rotatable bonds is 5. The lowest BCUT2D eigenvalue weighted by Gasteiger charge is -2.07. The van der Waals surface area contributed by atoms with Crippen LogP contribution in [0.25, 0.3) is 0 Å². The number of benzene rings is 2. The molecule has 0 bridgehead atoms. The summed E-state index contributed by atoms with van der Waals surface area (Å²) >= 11 is 5.72. The van der Waals surface area contributed by atoms with Crippen LogP contribution in [0.2, 0.25) is 5.02 Å². The molecule has 2 aromatic rings. The third-order valence-corrected chi connectivity index (χ3v) is 4.52. The van der Waals surface area contributed by atoms with Crippen molar-refractivity contribution in [3.8, 4) is 0 Å². The van der Waals surface area contributed by atoms with E-state index in [1.807, 2.05) is 0 Å². The molecule has 0 fully saturated rings. The Kier molecular flexibility index (Phi) is 5.15. The molecule has 4 nitrogen and oxygen atoms in total. The largest absolute Gasteiger partial charge is 0.325 e. The minimum Gasteiger partial charge on any atom is -0.325 e. The van der Waals surface area contributed by atoms with Crippen LogP contribution in [-0.4, -0.2) is 20.1 Å². The summed E-state index contributed by atoms with van der Waals surface area (Å²) in [5, 5.41) is 2.96. The Hall–Kier alpha value is -1.92. The van der Waals surface area contributed by atoms with Crippen LogP contribution in [0.3, 0.4) is 0 Å². The molecule has 2 rings (SSSR count). The molecule has 0 atom stereocenters. The van der Waals surface area contributed by atoms with Crippen molar-refractivity contribution in [1.82, 2.24) is 0 Å². The number of hydrogen-bond donors (Lipinski definition) is 1. The van der Waals surface area contributed by atoms with Gasteiger partial charge in [0, 0.05) is 16.3 Å². The van der Waals surface area contributed by atoms with Gasteiger partial charge in [0.1, 0.15) is 11.6 Å². The first kappa shape index (κ1) is 16.5. The zero-order chi connectivity index (χ0) is 16.2. The second-order valence-corrected chi connectivity index (χ2v) is 7.18. The van der Waals surface area contributed by atoms with Crippen LogP contribution in [0, 0.1) is 5.82 Å². The number of amides is 1. The van der Waals surface area contributed by atoms with Crippen LogP contribution in [0.15, 0.2) is 48.5 Å². The minimum atomic E-state index is -3.76. The van der Waals surface area contributed by atoms with Gasteiger partial charge in [-0.1, -0.05) is 29.8 Å². The highest BCUT2D eigenvalue weighted by molar-refractivity contribution is 7.91. The Morgan fingerprint density at radius 3 is 2.36 bits per heavy atom. The first-order valence-corrected chi connectivity index (χ1v) is 8.55. The number of sulfone groups is 1. The van der Waals surface area contributed by atoms with Crippen molar-refractivity contribution < 1.29 is 17.6 Å². The predicted octanol–water partition coefficient (Wildman–Crippen LogP) is 3.03. The van der Waals surface area contributed by atoms with Gasteiger partial charge in [-0.2, -0.15) is 0 Å². The monoisotopic (exact) mass is 341 g/mol. The average molecular weight is 342 g/mol. The Morgan fingerprint density at radius 2 is 1.73 bits per heavy atom. The highest BCUT2D eigenvalue weighted by Crippen LogP contribution is 2.14. The van der Waals surface area contributed by atoms with E-state index in [0.717, 1.165) is 0 Å². The SMILES string of the molecule is O=C(CS(=O)(=O)Cc1ccccc1F)Nc1ccc(Cl)cc1. The number of nitrogens with one attached hydrogen (secondary N) is 1. The predicted molar refractivity (Wildman–Crippen MR) is 84.0 cm³/mol. The molecule has 22 heavy (non-hydrogen) atoms. The lowest BCUT2D eigenvalue weighted by atomic mass is 10.2. The normalized spacial score (nSPS) is 11.2. The molecule has 2 aromatic carbocycles. The molecule has 0 aromatic heterocycles. The van der Waals surface area contributed by atoms with Crippen LogP contribution in [0.1, 0.15) is 5.56 Å². The van der Waals surface area contributed by atoms with Gasteiger partial charge in [0.05, 0.1) is 5.75 Å². The fourth-order valence-corrected chi connectivity index (χ4v) is 3.24. The second kappa shape index (κ2) is 6.89. The zero-order valence-electron chi connectivity index (χ0n) is 11.4. The van der Waals surface area contributed by atoms with Crippen LogP contribution in [0.4, 0.5) is 10.1 Å². The molecule has 116 valence electrons. The average Bonchev–Trinajstić information content (AvgIpc) is 2.43. The van der Waals surface area contributed by atoms with Crippen molar-refractivity contribution >= 4 is 33.0 Å². The highest BCUT2D eigenvalue weighted by atomic mass is 35.5. The molecule has 0 aliphatic carbocycles. The number of carbonyl (C=O) groups excluding carboxylic acids is 1. The maximum absolute atomic E-state index is 13.5. The van der Waals surface area contributed by atoms with E-state index in [2.05, 4.69) is 5.32 Å². The minimum absolute atomic E-state index is 0.0433. The summed E-state index contributed by atoms with van der Waals surface area (Å²) in [7, 11) is -3.76. The van der Waals surface area contributed by atoms with Crippen molar-refractivity contribution in [3.63, 3.8) is 0 Å². The van der Waals surface area contributed by atoms with Gasteiger partial charge in [0.25, 0.3) is 0 Å². The van der Waals surface area contributed by atoms with E-state index < -0.39 is 33.1 Å². The van der Waals surface area contributed by atoms with E-state index in [4.69, 9.17) is 11.6 Å². The smallest absolute Gasteiger partial charge is 0.239 e. The summed E-state index contributed by atoms with van der Waals surface area (Å²) in [6, 6.07) is 11.8. The molecule has 0 unspecified atom stereocenters. The Labute approximate surface area is 132 Å². The molecule has 1 N–H and O–H groups in total. The van der Waals surface area contributed by atoms with E-state index in [1.165, 1.54) is 18.2 Å². The van der Waals surface area contributed by atoms with Gasteiger partial charge in [0.15, 0.2) is 9.84 Å². The maximum atomic E-state index is 13.5. The molecule has 0 saturated heterocycles. The van der Waals surface area contributed by atoms with Gasteiger partial charge in [-0.05, 0) is 30.3 Å². The summed E-state index contributed by atoms with van der Waals surface area (Å²) in [6.45, 7) is 0.